The topological polar surface area (TPSA) is 106 Å². The van der Waals surface area contributed by atoms with Crippen molar-refractivity contribution in [1.29, 1.82) is 5.41 Å². The van der Waals surface area contributed by atoms with Gasteiger partial charge in [-0.05, 0) is 79.4 Å². The summed E-state index contributed by atoms with van der Waals surface area (Å²) in [6.45, 7) is 5.18. The van der Waals surface area contributed by atoms with Crippen LogP contribution in [0.1, 0.15) is 58.2 Å². The van der Waals surface area contributed by atoms with E-state index in [-0.39, 0.29) is 24.3 Å². The SMILES string of the molecule is CC(=N)N1CCN(C(=O)CCCOc2cc(C(=O)N3CCCCc4sccc43)ccc2NC(=O)c2ccccc2-c2ccccc2)CC1. The van der Waals surface area contributed by atoms with Gasteiger partial charge in [0.1, 0.15) is 5.75 Å². The number of fused-ring (bicyclic) bond motifs is 1. The van der Waals surface area contributed by atoms with Crippen LogP contribution in [0.4, 0.5) is 11.4 Å². The molecular formula is C38H41N5O4S. The lowest BCUT2D eigenvalue weighted by Gasteiger charge is -2.35. The molecule has 248 valence electrons. The highest BCUT2D eigenvalue weighted by molar-refractivity contribution is 7.10. The minimum atomic E-state index is -0.289. The van der Waals surface area contributed by atoms with Crippen molar-refractivity contribution in [2.45, 2.75) is 39.0 Å². The van der Waals surface area contributed by atoms with Gasteiger partial charge in [0.2, 0.25) is 5.91 Å². The van der Waals surface area contributed by atoms with Crippen LogP contribution in [-0.4, -0.2) is 72.7 Å². The van der Waals surface area contributed by atoms with Crippen LogP contribution in [-0.2, 0) is 11.2 Å². The average Bonchev–Trinajstić information content (AvgIpc) is 3.49. The van der Waals surface area contributed by atoms with Crippen molar-refractivity contribution in [2.24, 2.45) is 0 Å². The molecule has 1 fully saturated rings. The summed E-state index contributed by atoms with van der Waals surface area (Å²) in [4.78, 5) is 47.4. The molecule has 1 saturated heterocycles. The number of carbonyl (C=O) groups is 3. The van der Waals surface area contributed by atoms with Gasteiger partial charge in [-0.1, -0.05) is 48.5 Å². The smallest absolute Gasteiger partial charge is 0.258 e. The molecule has 3 amide bonds. The minimum absolute atomic E-state index is 0.0589. The lowest BCUT2D eigenvalue weighted by atomic mass is 9.99. The number of hydrogen-bond donors (Lipinski definition) is 2. The third kappa shape index (κ3) is 7.60. The molecule has 0 radical (unpaired) electrons. The van der Waals surface area contributed by atoms with Crippen molar-refractivity contribution < 1.29 is 19.1 Å². The highest BCUT2D eigenvalue weighted by Gasteiger charge is 2.25. The zero-order valence-electron chi connectivity index (χ0n) is 27.2. The quantitative estimate of drug-likeness (QED) is 0.115. The summed E-state index contributed by atoms with van der Waals surface area (Å²) >= 11 is 1.68. The summed E-state index contributed by atoms with van der Waals surface area (Å²) in [5, 5.41) is 12.9. The summed E-state index contributed by atoms with van der Waals surface area (Å²) in [5.41, 5.74) is 4.17. The minimum Gasteiger partial charge on any atom is -0.491 e. The summed E-state index contributed by atoms with van der Waals surface area (Å²) in [6, 6.07) is 24.4. The van der Waals surface area contributed by atoms with E-state index in [2.05, 4.69) is 5.32 Å². The van der Waals surface area contributed by atoms with Gasteiger partial charge in [-0.25, -0.2) is 0 Å². The van der Waals surface area contributed by atoms with Gasteiger partial charge in [0.25, 0.3) is 11.8 Å². The molecule has 0 saturated carbocycles. The van der Waals surface area contributed by atoms with E-state index in [1.807, 2.05) is 74.7 Å². The largest absolute Gasteiger partial charge is 0.491 e. The van der Waals surface area contributed by atoms with Gasteiger partial charge in [0.05, 0.1) is 23.8 Å². The van der Waals surface area contributed by atoms with Crippen LogP contribution in [0, 0.1) is 5.41 Å². The second kappa shape index (κ2) is 15.3. The first kappa shape index (κ1) is 33.0. The number of hydrogen-bond acceptors (Lipinski definition) is 6. The number of amides is 3. The molecule has 1 aromatic heterocycles. The molecule has 3 heterocycles. The van der Waals surface area contributed by atoms with Crippen LogP contribution < -0.4 is 15.0 Å². The fraction of sp³-hybridized carbons (Fsp3) is 0.316. The van der Waals surface area contributed by atoms with Crippen molar-refractivity contribution in [2.75, 3.05) is 49.5 Å². The van der Waals surface area contributed by atoms with Crippen molar-refractivity contribution in [1.82, 2.24) is 9.80 Å². The van der Waals surface area contributed by atoms with Crippen LogP contribution in [0.2, 0.25) is 0 Å². The fourth-order valence-electron chi connectivity index (χ4n) is 6.28. The predicted molar refractivity (Wildman–Crippen MR) is 191 cm³/mol. The Labute approximate surface area is 285 Å². The van der Waals surface area contributed by atoms with Crippen molar-refractivity contribution >= 4 is 46.3 Å². The molecule has 6 rings (SSSR count). The molecule has 0 spiro atoms. The van der Waals surface area contributed by atoms with Crippen LogP contribution in [0.3, 0.4) is 0 Å². The molecule has 0 unspecified atom stereocenters. The number of thiophene rings is 1. The van der Waals surface area contributed by atoms with Crippen LogP contribution in [0.5, 0.6) is 5.75 Å². The lowest BCUT2D eigenvalue weighted by Crippen LogP contribution is -2.49. The van der Waals surface area contributed by atoms with Gasteiger partial charge in [0.15, 0.2) is 0 Å². The van der Waals surface area contributed by atoms with E-state index >= 15 is 0 Å². The number of ether oxygens (including phenoxy) is 1. The standard InChI is InChI=1S/C38H41N5O4S/c1-27(39)41-20-22-42(23-21-41)36(44)15-9-24-47-34-26-29(38(46)43-19-8-7-14-35-33(43)18-25-48-35)16-17-32(34)40-37(45)31-13-6-5-12-30(31)28-10-3-2-4-11-28/h2-6,10-13,16-18,25-26,39H,7-9,14-15,19-24H2,1H3,(H,40,45). The zero-order chi connectivity index (χ0) is 33.5. The van der Waals surface area contributed by atoms with Gasteiger partial charge in [-0.2, -0.15) is 0 Å². The van der Waals surface area contributed by atoms with Gasteiger partial charge in [-0.15, -0.1) is 11.3 Å². The van der Waals surface area contributed by atoms with Crippen molar-refractivity contribution in [3.05, 3.63) is 100 Å². The fourth-order valence-corrected chi connectivity index (χ4v) is 7.20. The van der Waals surface area contributed by atoms with E-state index in [4.69, 9.17) is 10.1 Å². The Morgan fingerprint density at radius 2 is 1.62 bits per heavy atom. The van der Waals surface area contributed by atoms with E-state index in [1.54, 1.807) is 42.5 Å². The molecule has 3 aromatic carbocycles. The Balaban J connectivity index is 1.20. The average molecular weight is 664 g/mol. The summed E-state index contributed by atoms with van der Waals surface area (Å²) < 4.78 is 6.24. The maximum atomic E-state index is 13.9. The highest BCUT2D eigenvalue weighted by Crippen LogP contribution is 2.34. The number of nitrogens with one attached hydrogen (secondary N) is 2. The van der Waals surface area contributed by atoms with Crippen molar-refractivity contribution in [3.63, 3.8) is 0 Å². The van der Waals surface area contributed by atoms with E-state index in [1.165, 1.54) is 4.88 Å². The Bertz CT molecular complexity index is 1780. The first-order valence-corrected chi connectivity index (χ1v) is 17.5. The third-order valence-corrected chi connectivity index (χ3v) is 9.90. The predicted octanol–water partition coefficient (Wildman–Crippen LogP) is 6.95. The monoisotopic (exact) mass is 663 g/mol. The normalized spacial score (nSPS) is 14.6. The molecule has 0 aliphatic carbocycles. The van der Waals surface area contributed by atoms with Gasteiger partial charge >= 0.3 is 0 Å². The first-order valence-electron chi connectivity index (χ1n) is 16.6. The van der Waals surface area contributed by atoms with Crippen LogP contribution >= 0.6 is 11.3 Å². The number of carbonyl (C=O) groups excluding carboxylic acids is 3. The number of anilines is 2. The summed E-state index contributed by atoms with van der Waals surface area (Å²) in [6.07, 6.45) is 3.74. The van der Waals surface area contributed by atoms with Gasteiger partial charge < -0.3 is 24.8 Å². The second-order valence-electron chi connectivity index (χ2n) is 12.1. The number of nitrogens with zero attached hydrogens (tertiary/aromatic N) is 3. The van der Waals surface area contributed by atoms with E-state index in [0.29, 0.717) is 74.0 Å². The van der Waals surface area contributed by atoms with E-state index in [0.717, 1.165) is 36.1 Å². The van der Waals surface area contributed by atoms with Crippen LogP contribution in [0.25, 0.3) is 11.1 Å². The maximum absolute atomic E-state index is 13.9. The molecule has 4 aromatic rings. The number of aryl methyl sites for hydroxylation is 1. The molecule has 2 N–H and O–H groups in total. The Morgan fingerprint density at radius 1 is 0.875 bits per heavy atom. The number of piperazine rings is 1. The summed E-state index contributed by atoms with van der Waals surface area (Å²) in [7, 11) is 0. The Kier molecular flexibility index (Phi) is 10.5. The van der Waals surface area contributed by atoms with Crippen LogP contribution in [0.15, 0.2) is 84.2 Å². The first-order chi connectivity index (χ1) is 23.4. The van der Waals surface area contributed by atoms with E-state index < -0.39 is 0 Å². The molecule has 9 nitrogen and oxygen atoms in total. The molecule has 2 aliphatic rings. The molecule has 0 bridgehead atoms. The molecular weight excluding hydrogens is 623 g/mol. The summed E-state index contributed by atoms with van der Waals surface area (Å²) in [5.74, 6) is 0.568. The second-order valence-corrected chi connectivity index (χ2v) is 13.1. The molecule has 10 heteroatoms. The van der Waals surface area contributed by atoms with Gasteiger partial charge in [-0.3, -0.25) is 19.8 Å². The number of amidine groups is 1. The number of benzene rings is 3. The third-order valence-electron chi connectivity index (χ3n) is 8.93. The Hall–Kier alpha value is -4.96. The lowest BCUT2D eigenvalue weighted by molar-refractivity contribution is -0.132. The van der Waals surface area contributed by atoms with Gasteiger partial charge in [0, 0.05) is 55.1 Å². The maximum Gasteiger partial charge on any atom is 0.258 e. The Morgan fingerprint density at radius 3 is 2.42 bits per heavy atom. The molecule has 2 aliphatic heterocycles. The van der Waals surface area contributed by atoms with E-state index in [9.17, 15) is 14.4 Å². The number of rotatable bonds is 9. The molecule has 48 heavy (non-hydrogen) atoms. The zero-order valence-corrected chi connectivity index (χ0v) is 28.1. The molecule has 0 atom stereocenters. The van der Waals surface area contributed by atoms with Crippen molar-refractivity contribution in [3.8, 4) is 16.9 Å². The highest BCUT2D eigenvalue weighted by atomic mass is 32.1.